The minimum absolute atomic E-state index is 0.0784. The summed E-state index contributed by atoms with van der Waals surface area (Å²) in [6, 6.07) is 1.53. The molecule has 2 rings (SSSR count). The van der Waals surface area contributed by atoms with Crippen molar-refractivity contribution in [3.8, 4) is 0 Å². The number of hydrogen-bond acceptors (Lipinski definition) is 7. The van der Waals surface area contributed by atoms with Crippen molar-refractivity contribution in [3.63, 3.8) is 0 Å². The Kier molecular flexibility index (Phi) is 4.08. The van der Waals surface area contributed by atoms with Crippen LogP contribution in [-0.4, -0.2) is 35.3 Å². The molecule has 9 heteroatoms. The first-order valence-electron chi connectivity index (χ1n) is 5.80. The molecule has 2 N–H and O–H groups in total. The number of carbonyl (C=O) groups is 3. The third-order valence-corrected chi connectivity index (χ3v) is 2.37. The van der Waals surface area contributed by atoms with Gasteiger partial charge in [-0.2, -0.15) is 5.10 Å². The van der Waals surface area contributed by atoms with Gasteiger partial charge in [0.2, 0.25) is 5.91 Å². The molecule has 1 aromatic heterocycles. The van der Waals surface area contributed by atoms with Gasteiger partial charge in [-0.25, -0.2) is 10.2 Å². The van der Waals surface area contributed by atoms with Crippen molar-refractivity contribution in [2.24, 2.45) is 5.10 Å². The summed E-state index contributed by atoms with van der Waals surface area (Å²) >= 11 is 0. The Bertz CT molecular complexity index is 577. The smallest absolute Gasteiger partial charge is 0.355 e. The minimum Gasteiger partial charge on any atom is -0.451 e. The van der Waals surface area contributed by atoms with Crippen LogP contribution in [-0.2, 0) is 19.1 Å². The summed E-state index contributed by atoms with van der Waals surface area (Å²) in [6.07, 6.45) is 0.354. The third kappa shape index (κ3) is 3.64. The zero-order chi connectivity index (χ0) is 14.5. The lowest BCUT2D eigenvalue weighted by atomic mass is 10.2. The Morgan fingerprint density at radius 3 is 2.90 bits per heavy atom. The molecule has 0 fully saturated rings. The monoisotopic (exact) mass is 280 g/mol. The highest BCUT2D eigenvalue weighted by molar-refractivity contribution is 6.37. The van der Waals surface area contributed by atoms with Gasteiger partial charge in [0.1, 0.15) is 11.5 Å². The lowest BCUT2D eigenvalue weighted by Gasteiger charge is -2.10. The molecule has 106 valence electrons. The molecule has 20 heavy (non-hydrogen) atoms. The molecule has 0 spiro atoms. The van der Waals surface area contributed by atoms with Crippen molar-refractivity contribution in [1.29, 1.82) is 0 Å². The Hall–Kier alpha value is -2.71. The van der Waals surface area contributed by atoms with Crippen LogP contribution < -0.4 is 10.7 Å². The van der Waals surface area contributed by atoms with Crippen molar-refractivity contribution in [2.45, 2.75) is 19.8 Å². The number of rotatable bonds is 4. The van der Waals surface area contributed by atoms with E-state index in [2.05, 4.69) is 21.0 Å². The lowest BCUT2D eigenvalue weighted by Crippen LogP contribution is -2.32. The van der Waals surface area contributed by atoms with E-state index in [1.807, 2.05) is 0 Å². The number of nitrogens with zero attached hydrogens (tertiary/aromatic N) is 2. The zero-order valence-corrected chi connectivity index (χ0v) is 10.6. The van der Waals surface area contributed by atoms with Crippen molar-refractivity contribution in [3.05, 3.63) is 11.8 Å². The third-order valence-electron chi connectivity index (χ3n) is 2.37. The van der Waals surface area contributed by atoms with E-state index >= 15 is 0 Å². The van der Waals surface area contributed by atoms with E-state index in [9.17, 15) is 14.4 Å². The van der Waals surface area contributed by atoms with Gasteiger partial charge in [-0.15, -0.1) is 0 Å². The molecule has 0 unspecified atom stereocenters. The SMILES string of the molecule is Cc1cc(NC(=O)COC(=O)C2=NNC(=O)CC2)no1. The number of ether oxygens (including phenoxy) is 1. The van der Waals surface area contributed by atoms with Crippen LogP contribution >= 0.6 is 0 Å². The standard InChI is InChI=1S/C11H12N4O5/c1-6-4-8(15-20-6)12-10(17)5-19-11(18)7-2-3-9(16)14-13-7/h4H,2-3,5H2,1H3,(H,14,16)(H,12,15,17). The maximum Gasteiger partial charge on any atom is 0.355 e. The number of nitrogens with one attached hydrogen (secondary N) is 2. The van der Waals surface area contributed by atoms with Crippen molar-refractivity contribution in [1.82, 2.24) is 10.6 Å². The average Bonchev–Trinajstić information content (AvgIpc) is 2.82. The van der Waals surface area contributed by atoms with E-state index < -0.39 is 18.5 Å². The van der Waals surface area contributed by atoms with Crippen LogP contribution in [0.4, 0.5) is 5.82 Å². The quantitative estimate of drug-likeness (QED) is 0.732. The minimum atomic E-state index is -0.739. The van der Waals surface area contributed by atoms with Crippen molar-refractivity contribution >= 4 is 29.3 Å². The van der Waals surface area contributed by atoms with Crippen LogP contribution in [0.1, 0.15) is 18.6 Å². The molecule has 9 nitrogen and oxygen atoms in total. The van der Waals surface area contributed by atoms with E-state index in [1.54, 1.807) is 6.92 Å². The summed E-state index contributed by atoms with van der Waals surface area (Å²) < 4.78 is 9.53. The first kappa shape index (κ1) is 13.7. The van der Waals surface area contributed by atoms with E-state index in [0.29, 0.717) is 5.76 Å². The molecule has 0 aliphatic carbocycles. The fourth-order valence-corrected chi connectivity index (χ4v) is 1.44. The zero-order valence-electron chi connectivity index (χ0n) is 10.6. The van der Waals surface area contributed by atoms with Crippen LogP contribution in [0.25, 0.3) is 0 Å². The molecule has 2 heterocycles. The van der Waals surface area contributed by atoms with Gasteiger partial charge in [0.15, 0.2) is 12.4 Å². The van der Waals surface area contributed by atoms with E-state index in [-0.39, 0.29) is 30.3 Å². The van der Waals surface area contributed by atoms with Gasteiger partial charge in [-0.05, 0) is 6.92 Å². The van der Waals surface area contributed by atoms with Crippen LogP contribution in [0.5, 0.6) is 0 Å². The highest BCUT2D eigenvalue weighted by Crippen LogP contribution is 2.07. The molecule has 1 aliphatic rings. The topological polar surface area (TPSA) is 123 Å². The molecule has 0 atom stereocenters. The van der Waals surface area contributed by atoms with Gasteiger partial charge in [0.05, 0.1) is 0 Å². The molecule has 1 aliphatic heterocycles. The lowest BCUT2D eigenvalue weighted by molar-refractivity contribution is -0.140. The van der Waals surface area contributed by atoms with Gasteiger partial charge in [-0.1, -0.05) is 5.16 Å². The average molecular weight is 280 g/mol. The molecule has 1 aromatic rings. The number of anilines is 1. The van der Waals surface area contributed by atoms with Gasteiger partial charge < -0.3 is 14.6 Å². The maximum absolute atomic E-state index is 11.5. The second-order valence-electron chi connectivity index (χ2n) is 4.04. The predicted molar refractivity (Wildman–Crippen MR) is 65.6 cm³/mol. The number of hydrogen-bond donors (Lipinski definition) is 2. The normalized spacial score (nSPS) is 14.2. The Morgan fingerprint density at radius 2 is 2.30 bits per heavy atom. The van der Waals surface area contributed by atoms with Crippen molar-refractivity contribution in [2.75, 3.05) is 11.9 Å². The van der Waals surface area contributed by atoms with Gasteiger partial charge in [0.25, 0.3) is 5.91 Å². The summed E-state index contributed by atoms with van der Waals surface area (Å²) in [5.41, 5.74) is 2.25. The van der Waals surface area contributed by atoms with Gasteiger partial charge in [0, 0.05) is 18.9 Å². The summed E-state index contributed by atoms with van der Waals surface area (Å²) in [5, 5.41) is 9.52. The molecule has 0 saturated heterocycles. The molecular formula is C11H12N4O5. The summed E-state index contributed by atoms with van der Waals surface area (Å²) in [6.45, 7) is 1.20. The first-order chi connectivity index (χ1) is 9.54. The summed E-state index contributed by atoms with van der Waals surface area (Å²) in [7, 11) is 0. The molecule has 0 aromatic carbocycles. The molecule has 0 bridgehead atoms. The largest absolute Gasteiger partial charge is 0.451 e. The van der Waals surface area contributed by atoms with Crippen LogP contribution in [0.2, 0.25) is 0 Å². The summed E-state index contributed by atoms with van der Waals surface area (Å²) in [5.74, 6) is -0.764. The number of hydrazone groups is 1. The first-order valence-corrected chi connectivity index (χ1v) is 5.80. The Balaban J connectivity index is 1.78. The Morgan fingerprint density at radius 1 is 1.50 bits per heavy atom. The van der Waals surface area contributed by atoms with E-state index in [4.69, 9.17) is 9.26 Å². The van der Waals surface area contributed by atoms with Crippen LogP contribution in [0.3, 0.4) is 0 Å². The number of amides is 2. The van der Waals surface area contributed by atoms with Gasteiger partial charge >= 0.3 is 5.97 Å². The van der Waals surface area contributed by atoms with E-state index in [1.165, 1.54) is 6.07 Å². The molecular weight excluding hydrogens is 268 g/mol. The highest BCUT2D eigenvalue weighted by atomic mass is 16.5. The fraction of sp³-hybridized carbons (Fsp3) is 0.364. The second-order valence-corrected chi connectivity index (χ2v) is 4.04. The maximum atomic E-state index is 11.5. The van der Waals surface area contributed by atoms with Crippen LogP contribution in [0.15, 0.2) is 15.7 Å². The highest BCUT2D eigenvalue weighted by Gasteiger charge is 2.20. The van der Waals surface area contributed by atoms with Crippen molar-refractivity contribution < 1.29 is 23.6 Å². The molecule has 0 saturated carbocycles. The number of esters is 1. The van der Waals surface area contributed by atoms with Gasteiger partial charge in [-0.3, -0.25) is 9.59 Å². The molecule has 2 amide bonds. The van der Waals surface area contributed by atoms with Crippen LogP contribution in [0, 0.1) is 6.92 Å². The van der Waals surface area contributed by atoms with E-state index in [0.717, 1.165) is 0 Å². The fourth-order valence-electron chi connectivity index (χ4n) is 1.44. The second kappa shape index (κ2) is 5.95. The number of aromatic nitrogens is 1. The summed E-state index contributed by atoms with van der Waals surface area (Å²) in [4.78, 5) is 33.9. The predicted octanol–water partition coefficient (Wildman–Crippen LogP) is -0.269. The molecule has 0 radical (unpaired) electrons. The number of aryl methyl sites for hydroxylation is 1. The number of carbonyl (C=O) groups excluding carboxylic acids is 3. The Labute approximate surface area is 113 Å².